The summed E-state index contributed by atoms with van der Waals surface area (Å²) < 4.78 is 6.15. The normalized spacial score (nSPS) is 10.8. The Morgan fingerprint density at radius 1 is 1.33 bits per heavy atom. The van der Waals surface area contributed by atoms with Crippen LogP contribution in [0, 0.1) is 0 Å². The molecule has 2 rings (SSSR count). The van der Waals surface area contributed by atoms with Crippen molar-refractivity contribution in [1.82, 2.24) is 0 Å². The largest absolute Gasteiger partial charge is 0.466 e. The summed E-state index contributed by atoms with van der Waals surface area (Å²) in [5.74, 6) is 0.617. The number of hydrogen-bond acceptors (Lipinski definition) is 2. The van der Waals surface area contributed by atoms with Gasteiger partial charge in [-0.05, 0) is 6.07 Å². The lowest BCUT2D eigenvalue weighted by atomic mass is 10.2. The van der Waals surface area contributed by atoms with Crippen LogP contribution in [0.15, 0.2) is 33.4 Å². The Bertz CT molecular complexity index is 406. The molecule has 2 aromatic rings. The van der Waals surface area contributed by atoms with E-state index in [-0.39, 0.29) is 6.61 Å². The third-order valence-electron chi connectivity index (χ3n) is 1.82. The van der Waals surface area contributed by atoms with Crippen LogP contribution in [-0.2, 0) is 6.61 Å². The van der Waals surface area contributed by atoms with Gasteiger partial charge < -0.3 is 9.52 Å². The number of furan rings is 1. The van der Waals surface area contributed by atoms with Crippen LogP contribution in [0.2, 0.25) is 0 Å². The van der Waals surface area contributed by atoms with Crippen LogP contribution >= 0.6 is 15.9 Å². The van der Waals surface area contributed by atoms with Gasteiger partial charge in [0.05, 0.1) is 6.26 Å². The molecule has 0 saturated carbocycles. The average molecular weight is 227 g/mol. The molecule has 0 bridgehead atoms. The van der Waals surface area contributed by atoms with Gasteiger partial charge in [0.2, 0.25) is 0 Å². The minimum absolute atomic E-state index is 0.0556. The maximum absolute atomic E-state index is 8.91. The Morgan fingerprint density at radius 3 is 2.92 bits per heavy atom. The molecule has 12 heavy (non-hydrogen) atoms. The third kappa shape index (κ3) is 1.06. The molecule has 2 nitrogen and oxygen atoms in total. The van der Waals surface area contributed by atoms with Gasteiger partial charge in [-0.2, -0.15) is 0 Å². The van der Waals surface area contributed by atoms with E-state index in [1.165, 1.54) is 0 Å². The summed E-state index contributed by atoms with van der Waals surface area (Å²) in [6.45, 7) is -0.0556. The van der Waals surface area contributed by atoms with Gasteiger partial charge in [-0.1, -0.05) is 28.1 Å². The van der Waals surface area contributed by atoms with Crippen LogP contribution in [0.25, 0.3) is 10.8 Å². The maximum atomic E-state index is 8.91. The Balaban J connectivity index is 2.80. The van der Waals surface area contributed by atoms with Crippen molar-refractivity contribution in [1.29, 1.82) is 0 Å². The van der Waals surface area contributed by atoms with Crippen molar-refractivity contribution >= 4 is 26.7 Å². The molecule has 0 atom stereocenters. The van der Waals surface area contributed by atoms with Crippen LogP contribution in [0.1, 0.15) is 5.76 Å². The summed E-state index contributed by atoms with van der Waals surface area (Å²) >= 11 is 3.40. The van der Waals surface area contributed by atoms with Crippen molar-refractivity contribution in [2.45, 2.75) is 6.61 Å². The molecule has 1 N–H and O–H groups in total. The first kappa shape index (κ1) is 7.83. The second kappa shape index (κ2) is 2.92. The fraction of sp³-hybridized carbons (Fsp3) is 0.111. The molecular formula is C9H7BrO2. The Morgan fingerprint density at radius 2 is 2.17 bits per heavy atom. The van der Waals surface area contributed by atoms with Gasteiger partial charge in [0.15, 0.2) is 0 Å². The van der Waals surface area contributed by atoms with Gasteiger partial charge in [-0.25, -0.2) is 0 Å². The first-order valence-corrected chi connectivity index (χ1v) is 4.37. The zero-order valence-corrected chi connectivity index (χ0v) is 7.84. The van der Waals surface area contributed by atoms with Crippen molar-refractivity contribution in [3.05, 3.63) is 34.7 Å². The quantitative estimate of drug-likeness (QED) is 0.812. The number of benzene rings is 1. The van der Waals surface area contributed by atoms with E-state index in [2.05, 4.69) is 15.9 Å². The summed E-state index contributed by atoms with van der Waals surface area (Å²) in [4.78, 5) is 0. The minimum atomic E-state index is -0.0556. The first-order chi connectivity index (χ1) is 5.83. The zero-order chi connectivity index (χ0) is 8.55. The predicted molar refractivity (Wildman–Crippen MR) is 49.8 cm³/mol. The van der Waals surface area contributed by atoms with E-state index in [0.29, 0.717) is 5.76 Å². The highest BCUT2D eigenvalue weighted by Crippen LogP contribution is 2.27. The SMILES string of the molecule is OCc1occ2c(Br)cccc12. The second-order valence-corrected chi connectivity index (χ2v) is 3.37. The molecule has 1 heterocycles. The van der Waals surface area contributed by atoms with Crippen LogP contribution < -0.4 is 0 Å². The number of rotatable bonds is 1. The highest BCUT2D eigenvalue weighted by molar-refractivity contribution is 9.10. The molecule has 0 spiro atoms. The van der Waals surface area contributed by atoms with E-state index in [1.807, 2.05) is 18.2 Å². The van der Waals surface area contributed by atoms with Crippen molar-refractivity contribution < 1.29 is 9.52 Å². The molecule has 1 aromatic heterocycles. The predicted octanol–water partition coefficient (Wildman–Crippen LogP) is 2.69. The Hall–Kier alpha value is -0.800. The summed E-state index contributed by atoms with van der Waals surface area (Å²) in [6.07, 6.45) is 1.64. The fourth-order valence-electron chi connectivity index (χ4n) is 1.22. The Kier molecular flexibility index (Phi) is 1.90. The van der Waals surface area contributed by atoms with Crippen LogP contribution in [-0.4, -0.2) is 5.11 Å². The highest BCUT2D eigenvalue weighted by Gasteiger charge is 2.05. The van der Waals surface area contributed by atoms with Gasteiger partial charge in [0.25, 0.3) is 0 Å². The molecule has 3 heteroatoms. The van der Waals surface area contributed by atoms with Crippen LogP contribution in [0.3, 0.4) is 0 Å². The molecule has 0 aliphatic rings. The fourth-order valence-corrected chi connectivity index (χ4v) is 1.68. The molecule has 0 saturated heterocycles. The Labute approximate surface area is 77.9 Å². The highest BCUT2D eigenvalue weighted by atomic mass is 79.9. The number of hydrogen-bond donors (Lipinski definition) is 1. The summed E-state index contributed by atoms with van der Waals surface area (Å²) in [6, 6.07) is 5.79. The maximum Gasteiger partial charge on any atom is 0.137 e. The van der Waals surface area contributed by atoms with Gasteiger partial charge >= 0.3 is 0 Å². The minimum Gasteiger partial charge on any atom is -0.466 e. The van der Waals surface area contributed by atoms with Crippen molar-refractivity contribution in [2.75, 3.05) is 0 Å². The number of aliphatic hydroxyl groups excluding tert-OH is 1. The third-order valence-corrected chi connectivity index (χ3v) is 2.51. The molecule has 1 aromatic carbocycles. The van der Waals surface area contributed by atoms with E-state index in [0.717, 1.165) is 15.2 Å². The number of aliphatic hydroxyl groups is 1. The van der Waals surface area contributed by atoms with Crippen LogP contribution in [0.5, 0.6) is 0 Å². The number of halogens is 1. The lowest BCUT2D eigenvalue weighted by Gasteiger charge is -1.92. The molecule has 0 aliphatic heterocycles. The monoisotopic (exact) mass is 226 g/mol. The van der Waals surface area contributed by atoms with Crippen molar-refractivity contribution in [3.8, 4) is 0 Å². The summed E-state index contributed by atoms with van der Waals surface area (Å²) in [5.41, 5.74) is 0. The smallest absolute Gasteiger partial charge is 0.137 e. The standard InChI is InChI=1S/C9H7BrO2/c10-8-3-1-2-6-7(8)5-12-9(6)4-11/h1-3,5,11H,4H2. The van der Waals surface area contributed by atoms with E-state index in [9.17, 15) is 0 Å². The van der Waals surface area contributed by atoms with E-state index in [4.69, 9.17) is 9.52 Å². The van der Waals surface area contributed by atoms with Gasteiger partial charge in [0.1, 0.15) is 12.4 Å². The molecular weight excluding hydrogens is 220 g/mol. The van der Waals surface area contributed by atoms with Crippen LogP contribution in [0.4, 0.5) is 0 Å². The number of fused-ring (bicyclic) bond motifs is 1. The van der Waals surface area contributed by atoms with Crippen molar-refractivity contribution in [2.24, 2.45) is 0 Å². The van der Waals surface area contributed by atoms with Crippen molar-refractivity contribution in [3.63, 3.8) is 0 Å². The molecule has 0 amide bonds. The molecule has 0 unspecified atom stereocenters. The van der Waals surface area contributed by atoms with Gasteiger partial charge in [0, 0.05) is 15.2 Å². The molecule has 0 fully saturated rings. The van der Waals surface area contributed by atoms with E-state index >= 15 is 0 Å². The van der Waals surface area contributed by atoms with E-state index in [1.54, 1.807) is 6.26 Å². The summed E-state index contributed by atoms with van der Waals surface area (Å²) in [5, 5.41) is 10.9. The zero-order valence-electron chi connectivity index (χ0n) is 6.25. The lowest BCUT2D eigenvalue weighted by molar-refractivity contribution is 0.249. The average Bonchev–Trinajstić information content (AvgIpc) is 2.49. The second-order valence-electron chi connectivity index (χ2n) is 2.52. The lowest BCUT2D eigenvalue weighted by Crippen LogP contribution is -1.77. The summed E-state index contributed by atoms with van der Waals surface area (Å²) in [7, 11) is 0. The van der Waals surface area contributed by atoms with E-state index < -0.39 is 0 Å². The first-order valence-electron chi connectivity index (χ1n) is 3.58. The molecule has 62 valence electrons. The molecule has 0 radical (unpaired) electrons. The van der Waals surface area contributed by atoms with Gasteiger partial charge in [-0.15, -0.1) is 0 Å². The molecule has 0 aliphatic carbocycles. The topological polar surface area (TPSA) is 33.4 Å². The van der Waals surface area contributed by atoms with Gasteiger partial charge in [-0.3, -0.25) is 0 Å².